The minimum Gasteiger partial charge on any atom is -0.318 e. The van der Waals surface area contributed by atoms with Crippen molar-refractivity contribution < 1.29 is 0 Å². The predicted molar refractivity (Wildman–Crippen MR) is 53.4 cm³/mol. The summed E-state index contributed by atoms with van der Waals surface area (Å²) in [6.45, 7) is 10.6. The van der Waals surface area contributed by atoms with Gasteiger partial charge >= 0.3 is 0 Å². The van der Waals surface area contributed by atoms with Crippen molar-refractivity contribution in [1.29, 1.82) is 0 Å². The van der Waals surface area contributed by atoms with Gasteiger partial charge in [-0.15, -0.1) is 0 Å². The molecule has 1 N–H and O–H groups in total. The second-order valence-corrected chi connectivity index (χ2v) is 4.68. The van der Waals surface area contributed by atoms with Crippen molar-refractivity contribution in [2.45, 2.75) is 32.7 Å². The summed E-state index contributed by atoms with van der Waals surface area (Å²) in [4.78, 5) is 2.59. The fourth-order valence-electron chi connectivity index (χ4n) is 2.03. The van der Waals surface area contributed by atoms with E-state index in [1.165, 1.54) is 19.5 Å². The Hall–Kier alpha value is -0.0800. The molecule has 1 aliphatic rings. The summed E-state index contributed by atoms with van der Waals surface area (Å²) in [5.41, 5.74) is 0.333. The highest BCUT2D eigenvalue weighted by Crippen LogP contribution is 2.23. The molecule has 1 atom stereocenters. The molecule has 0 aromatic carbocycles. The van der Waals surface area contributed by atoms with E-state index in [1.807, 2.05) is 7.05 Å². The van der Waals surface area contributed by atoms with Crippen LogP contribution in [0.1, 0.15) is 27.2 Å². The summed E-state index contributed by atoms with van der Waals surface area (Å²) in [5, 5.41) is 3.26. The van der Waals surface area contributed by atoms with E-state index >= 15 is 0 Å². The fraction of sp³-hybridized carbons (Fsp3) is 1.00. The van der Waals surface area contributed by atoms with Crippen molar-refractivity contribution in [3.05, 3.63) is 0 Å². The Bertz CT molecular complexity index is 143. The van der Waals surface area contributed by atoms with Gasteiger partial charge in [0.25, 0.3) is 0 Å². The highest BCUT2D eigenvalue weighted by Gasteiger charge is 2.30. The largest absolute Gasteiger partial charge is 0.318 e. The van der Waals surface area contributed by atoms with Gasteiger partial charge < -0.3 is 5.32 Å². The number of likely N-dealkylation sites (N-methyl/N-ethyl adjacent to an activating group) is 1. The van der Waals surface area contributed by atoms with Crippen LogP contribution in [0.2, 0.25) is 0 Å². The van der Waals surface area contributed by atoms with Gasteiger partial charge in [-0.25, -0.2) is 0 Å². The lowest BCUT2D eigenvalue weighted by Crippen LogP contribution is -2.48. The van der Waals surface area contributed by atoms with E-state index < -0.39 is 0 Å². The summed E-state index contributed by atoms with van der Waals surface area (Å²) in [7, 11) is 2.03. The van der Waals surface area contributed by atoms with E-state index in [1.54, 1.807) is 0 Å². The Morgan fingerprint density at radius 1 is 1.50 bits per heavy atom. The molecule has 1 fully saturated rings. The zero-order valence-electron chi connectivity index (χ0n) is 8.85. The Balaban J connectivity index is 2.45. The molecule has 0 amide bonds. The van der Waals surface area contributed by atoms with Crippen LogP contribution in [0.15, 0.2) is 0 Å². The molecule has 2 nitrogen and oxygen atoms in total. The minimum absolute atomic E-state index is 0.333. The van der Waals surface area contributed by atoms with Gasteiger partial charge in [-0.3, -0.25) is 4.90 Å². The van der Waals surface area contributed by atoms with Crippen molar-refractivity contribution >= 4 is 0 Å². The van der Waals surface area contributed by atoms with Gasteiger partial charge in [0.2, 0.25) is 0 Å². The molecule has 2 heteroatoms. The number of hydrogen-bond acceptors (Lipinski definition) is 2. The van der Waals surface area contributed by atoms with Gasteiger partial charge in [0.05, 0.1) is 0 Å². The van der Waals surface area contributed by atoms with Crippen LogP contribution in [0.3, 0.4) is 0 Å². The molecule has 0 spiro atoms. The fourth-order valence-corrected chi connectivity index (χ4v) is 2.03. The number of likely N-dealkylation sites (tertiary alicyclic amines) is 1. The van der Waals surface area contributed by atoms with E-state index in [0.29, 0.717) is 5.54 Å². The van der Waals surface area contributed by atoms with E-state index in [2.05, 4.69) is 31.0 Å². The molecule has 0 bridgehead atoms. The standard InChI is InChI=1S/C10H22N2/c1-9-5-6-12(7-9)10(2,3)8-11-4/h9,11H,5-8H2,1-4H3. The Morgan fingerprint density at radius 3 is 2.58 bits per heavy atom. The maximum absolute atomic E-state index is 3.26. The van der Waals surface area contributed by atoms with Crippen LogP contribution in [-0.2, 0) is 0 Å². The van der Waals surface area contributed by atoms with Gasteiger partial charge in [0.15, 0.2) is 0 Å². The number of nitrogens with zero attached hydrogens (tertiary/aromatic N) is 1. The molecule has 1 rings (SSSR count). The third-order valence-corrected chi connectivity index (χ3v) is 2.89. The van der Waals surface area contributed by atoms with Gasteiger partial charge in [-0.05, 0) is 39.8 Å². The van der Waals surface area contributed by atoms with Crippen LogP contribution >= 0.6 is 0 Å². The lowest BCUT2D eigenvalue weighted by Gasteiger charge is -2.35. The molecule has 1 unspecified atom stereocenters. The molecule has 0 aliphatic carbocycles. The maximum Gasteiger partial charge on any atom is 0.0277 e. The number of rotatable bonds is 3. The van der Waals surface area contributed by atoms with Crippen LogP contribution < -0.4 is 5.32 Å². The SMILES string of the molecule is CNCC(C)(C)N1CCC(C)C1. The first-order chi connectivity index (χ1) is 5.56. The monoisotopic (exact) mass is 170 g/mol. The smallest absolute Gasteiger partial charge is 0.0277 e. The summed E-state index contributed by atoms with van der Waals surface area (Å²) in [6.07, 6.45) is 1.37. The highest BCUT2D eigenvalue weighted by atomic mass is 15.2. The van der Waals surface area contributed by atoms with Crippen LogP contribution in [0.4, 0.5) is 0 Å². The van der Waals surface area contributed by atoms with Gasteiger partial charge in [0, 0.05) is 18.6 Å². The summed E-state index contributed by atoms with van der Waals surface area (Å²) in [5.74, 6) is 0.890. The van der Waals surface area contributed by atoms with E-state index in [-0.39, 0.29) is 0 Å². The average molecular weight is 170 g/mol. The zero-order valence-corrected chi connectivity index (χ0v) is 8.85. The highest BCUT2D eigenvalue weighted by molar-refractivity contribution is 4.87. The first kappa shape index (κ1) is 10.0. The quantitative estimate of drug-likeness (QED) is 0.687. The van der Waals surface area contributed by atoms with Gasteiger partial charge in [-0.1, -0.05) is 6.92 Å². The molecule has 0 saturated carbocycles. The number of nitrogens with one attached hydrogen (secondary N) is 1. The van der Waals surface area contributed by atoms with E-state index in [0.717, 1.165) is 12.5 Å². The zero-order chi connectivity index (χ0) is 9.19. The van der Waals surface area contributed by atoms with E-state index in [9.17, 15) is 0 Å². The third kappa shape index (κ3) is 2.20. The molecule has 1 saturated heterocycles. The average Bonchev–Trinajstić information content (AvgIpc) is 2.36. The van der Waals surface area contributed by atoms with Crippen molar-refractivity contribution in [3.8, 4) is 0 Å². The minimum atomic E-state index is 0.333. The van der Waals surface area contributed by atoms with Crippen molar-refractivity contribution in [2.24, 2.45) is 5.92 Å². The molecular weight excluding hydrogens is 148 g/mol. The van der Waals surface area contributed by atoms with Crippen LogP contribution in [-0.4, -0.2) is 37.1 Å². The predicted octanol–water partition coefficient (Wildman–Crippen LogP) is 1.33. The lowest BCUT2D eigenvalue weighted by molar-refractivity contribution is 0.149. The van der Waals surface area contributed by atoms with Crippen LogP contribution in [0.5, 0.6) is 0 Å². The second kappa shape index (κ2) is 3.75. The first-order valence-electron chi connectivity index (χ1n) is 4.96. The van der Waals surface area contributed by atoms with Crippen molar-refractivity contribution in [3.63, 3.8) is 0 Å². The molecule has 12 heavy (non-hydrogen) atoms. The van der Waals surface area contributed by atoms with Gasteiger partial charge in [0.1, 0.15) is 0 Å². The van der Waals surface area contributed by atoms with Crippen LogP contribution in [0.25, 0.3) is 0 Å². The maximum atomic E-state index is 3.26. The molecule has 0 aromatic rings. The van der Waals surface area contributed by atoms with Crippen molar-refractivity contribution in [2.75, 3.05) is 26.7 Å². The normalized spacial score (nSPS) is 26.5. The summed E-state index contributed by atoms with van der Waals surface area (Å²) < 4.78 is 0. The third-order valence-electron chi connectivity index (χ3n) is 2.89. The molecule has 0 aromatic heterocycles. The molecule has 1 heterocycles. The first-order valence-corrected chi connectivity index (χ1v) is 4.96. The van der Waals surface area contributed by atoms with E-state index in [4.69, 9.17) is 0 Å². The Morgan fingerprint density at radius 2 is 2.17 bits per heavy atom. The lowest BCUT2D eigenvalue weighted by atomic mass is 10.0. The molecule has 72 valence electrons. The summed E-state index contributed by atoms with van der Waals surface area (Å²) >= 11 is 0. The molecule has 0 radical (unpaired) electrons. The topological polar surface area (TPSA) is 15.3 Å². The number of hydrogen-bond donors (Lipinski definition) is 1. The van der Waals surface area contributed by atoms with Crippen LogP contribution in [0, 0.1) is 5.92 Å². The Kier molecular flexibility index (Phi) is 3.13. The molecular formula is C10H22N2. The summed E-state index contributed by atoms with van der Waals surface area (Å²) in [6, 6.07) is 0. The Labute approximate surface area is 76.3 Å². The van der Waals surface area contributed by atoms with Crippen molar-refractivity contribution in [1.82, 2.24) is 10.2 Å². The molecule has 1 aliphatic heterocycles. The second-order valence-electron chi connectivity index (χ2n) is 4.68. The van der Waals surface area contributed by atoms with Gasteiger partial charge in [-0.2, -0.15) is 0 Å².